The van der Waals surface area contributed by atoms with Crippen LogP contribution in [0.25, 0.3) is 0 Å². The molecule has 0 aliphatic carbocycles. The van der Waals surface area contributed by atoms with Gasteiger partial charge in [-0.05, 0) is 27.8 Å². The highest BCUT2D eigenvalue weighted by molar-refractivity contribution is 4.65. The lowest BCUT2D eigenvalue weighted by molar-refractivity contribution is 0.0454. The third-order valence-electron chi connectivity index (χ3n) is 2.10. The lowest BCUT2D eigenvalue weighted by Gasteiger charge is -2.28. The maximum atomic E-state index is 8.49. The van der Waals surface area contributed by atoms with Crippen molar-refractivity contribution in [1.29, 1.82) is 0 Å². The second-order valence-corrected chi connectivity index (χ2v) is 3.41. The SMILES string of the molecule is CC(C)N(C)C(C)COCCO. The Labute approximate surface area is 75.3 Å². The van der Waals surface area contributed by atoms with Gasteiger partial charge < -0.3 is 9.84 Å². The van der Waals surface area contributed by atoms with E-state index in [1.807, 2.05) is 0 Å². The van der Waals surface area contributed by atoms with Crippen LogP contribution >= 0.6 is 0 Å². The molecule has 0 aromatic rings. The molecule has 1 unspecified atom stereocenters. The lowest BCUT2D eigenvalue weighted by Crippen LogP contribution is -2.38. The number of nitrogens with zero attached hydrogens (tertiary/aromatic N) is 1. The Kier molecular flexibility index (Phi) is 6.34. The molecule has 12 heavy (non-hydrogen) atoms. The summed E-state index contributed by atoms with van der Waals surface area (Å²) in [7, 11) is 2.08. The van der Waals surface area contributed by atoms with Crippen LogP contribution in [0.15, 0.2) is 0 Å². The number of aliphatic hydroxyl groups is 1. The quantitative estimate of drug-likeness (QED) is 0.604. The second kappa shape index (κ2) is 6.40. The van der Waals surface area contributed by atoms with E-state index in [0.717, 1.165) is 0 Å². The monoisotopic (exact) mass is 175 g/mol. The molecule has 0 spiro atoms. The largest absolute Gasteiger partial charge is 0.394 e. The molecule has 0 aromatic carbocycles. The van der Waals surface area contributed by atoms with Gasteiger partial charge in [-0.3, -0.25) is 4.90 Å². The predicted octanol–water partition coefficient (Wildman–Crippen LogP) is 0.724. The average molecular weight is 175 g/mol. The normalized spacial score (nSPS) is 14.2. The van der Waals surface area contributed by atoms with Crippen LogP contribution in [0.4, 0.5) is 0 Å². The number of ether oxygens (including phenoxy) is 1. The molecule has 0 radical (unpaired) electrons. The summed E-state index contributed by atoms with van der Waals surface area (Å²) in [6.45, 7) is 7.67. The van der Waals surface area contributed by atoms with Crippen LogP contribution in [-0.2, 0) is 4.74 Å². The molecule has 1 atom stereocenters. The standard InChI is InChI=1S/C9H21NO2/c1-8(2)10(4)9(3)7-12-6-5-11/h8-9,11H,5-7H2,1-4H3. The molecule has 0 bridgehead atoms. The zero-order valence-electron chi connectivity index (χ0n) is 8.58. The maximum absolute atomic E-state index is 8.49. The van der Waals surface area contributed by atoms with E-state index in [-0.39, 0.29) is 6.61 Å². The molecule has 74 valence electrons. The maximum Gasteiger partial charge on any atom is 0.0698 e. The predicted molar refractivity (Wildman–Crippen MR) is 50.3 cm³/mol. The van der Waals surface area contributed by atoms with Crippen LogP contribution in [-0.4, -0.2) is 49.0 Å². The molecule has 0 amide bonds. The van der Waals surface area contributed by atoms with Gasteiger partial charge in [-0.25, -0.2) is 0 Å². The van der Waals surface area contributed by atoms with Crippen LogP contribution in [0, 0.1) is 0 Å². The fourth-order valence-electron chi connectivity index (χ4n) is 0.945. The summed E-state index contributed by atoms with van der Waals surface area (Å²) in [5, 5.41) is 8.49. The average Bonchev–Trinajstić information content (AvgIpc) is 2.03. The van der Waals surface area contributed by atoms with E-state index in [9.17, 15) is 0 Å². The summed E-state index contributed by atoms with van der Waals surface area (Å²) < 4.78 is 5.22. The molecule has 3 nitrogen and oxygen atoms in total. The Balaban J connectivity index is 3.49. The Hall–Kier alpha value is -0.120. The molecule has 0 rings (SSSR count). The molecule has 1 N–H and O–H groups in total. The smallest absolute Gasteiger partial charge is 0.0698 e. The van der Waals surface area contributed by atoms with Gasteiger partial charge in [-0.1, -0.05) is 0 Å². The Morgan fingerprint density at radius 2 is 1.92 bits per heavy atom. The van der Waals surface area contributed by atoms with Gasteiger partial charge >= 0.3 is 0 Å². The minimum atomic E-state index is 0.109. The number of hydrogen-bond acceptors (Lipinski definition) is 3. The number of likely N-dealkylation sites (N-methyl/N-ethyl adjacent to an activating group) is 1. The van der Waals surface area contributed by atoms with Crippen molar-refractivity contribution in [3.05, 3.63) is 0 Å². The van der Waals surface area contributed by atoms with Crippen molar-refractivity contribution in [2.24, 2.45) is 0 Å². The minimum absolute atomic E-state index is 0.109. The zero-order valence-corrected chi connectivity index (χ0v) is 8.58. The zero-order chi connectivity index (χ0) is 9.56. The molecule has 0 aliphatic heterocycles. The highest BCUT2D eigenvalue weighted by Crippen LogP contribution is 2.01. The summed E-state index contributed by atoms with van der Waals surface area (Å²) in [5.41, 5.74) is 0. The van der Waals surface area contributed by atoms with Crippen molar-refractivity contribution in [3.63, 3.8) is 0 Å². The summed E-state index contributed by atoms with van der Waals surface area (Å²) in [4.78, 5) is 2.25. The molecule has 0 aromatic heterocycles. The van der Waals surface area contributed by atoms with E-state index in [1.165, 1.54) is 0 Å². The van der Waals surface area contributed by atoms with E-state index in [4.69, 9.17) is 9.84 Å². The van der Waals surface area contributed by atoms with E-state index in [0.29, 0.717) is 25.3 Å². The topological polar surface area (TPSA) is 32.7 Å². The third kappa shape index (κ3) is 4.70. The van der Waals surface area contributed by atoms with Gasteiger partial charge in [0.2, 0.25) is 0 Å². The molecule has 0 heterocycles. The van der Waals surface area contributed by atoms with Crippen LogP contribution in [0.1, 0.15) is 20.8 Å². The van der Waals surface area contributed by atoms with E-state index in [2.05, 4.69) is 32.7 Å². The molecule has 0 aliphatic rings. The highest BCUT2D eigenvalue weighted by atomic mass is 16.5. The van der Waals surface area contributed by atoms with Gasteiger partial charge in [-0.2, -0.15) is 0 Å². The first-order valence-electron chi connectivity index (χ1n) is 4.50. The van der Waals surface area contributed by atoms with Crippen LogP contribution in [0.5, 0.6) is 0 Å². The minimum Gasteiger partial charge on any atom is -0.394 e. The van der Waals surface area contributed by atoms with Crippen molar-refractivity contribution in [3.8, 4) is 0 Å². The Morgan fingerprint density at radius 1 is 1.33 bits per heavy atom. The summed E-state index contributed by atoms with van der Waals surface area (Å²) in [6, 6.07) is 0.953. The summed E-state index contributed by atoms with van der Waals surface area (Å²) >= 11 is 0. The number of hydrogen-bond donors (Lipinski definition) is 1. The Morgan fingerprint density at radius 3 is 2.33 bits per heavy atom. The highest BCUT2D eigenvalue weighted by Gasteiger charge is 2.11. The third-order valence-corrected chi connectivity index (χ3v) is 2.10. The van der Waals surface area contributed by atoms with Crippen LogP contribution < -0.4 is 0 Å². The van der Waals surface area contributed by atoms with Crippen molar-refractivity contribution in [2.45, 2.75) is 32.9 Å². The molecule has 0 saturated heterocycles. The number of aliphatic hydroxyl groups excluding tert-OH is 1. The van der Waals surface area contributed by atoms with E-state index < -0.39 is 0 Å². The van der Waals surface area contributed by atoms with Gasteiger partial charge in [0.25, 0.3) is 0 Å². The summed E-state index contributed by atoms with van der Waals surface area (Å²) in [5.74, 6) is 0. The molecule has 0 saturated carbocycles. The molecular formula is C9H21NO2. The first kappa shape index (κ1) is 11.9. The van der Waals surface area contributed by atoms with Crippen molar-refractivity contribution >= 4 is 0 Å². The van der Waals surface area contributed by atoms with E-state index >= 15 is 0 Å². The van der Waals surface area contributed by atoms with Gasteiger partial charge in [0.05, 0.1) is 19.8 Å². The van der Waals surface area contributed by atoms with Crippen LogP contribution in [0.2, 0.25) is 0 Å². The fraction of sp³-hybridized carbons (Fsp3) is 1.00. The first-order valence-corrected chi connectivity index (χ1v) is 4.50. The van der Waals surface area contributed by atoms with E-state index in [1.54, 1.807) is 0 Å². The fourth-order valence-corrected chi connectivity index (χ4v) is 0.945. The summed E-state index contributed by atoms with van der Waals surface area (Å²) in [6.07, 6.45) is 0. The van der Waals surface area contributed by atoms with Gasteiger partial charge in [0, 0.05) is 12.1 Å². The van der Waals surface area contributed by atoms with Gasteiger partial charge in [-0.15, -0.1) is 0 Å². The van der Waals surface area contributed by atoms with Crippen LogP contribution in [0.3, 0.4) is 0 Å². The van der Waals surface area contributed by atoms with Gasteiger partial charge in [0.1, 0.15) is 0 Å². The lowest BCUT2D eigenvalue weighted by atomic mass is 10.2. The molecule has 3 heteroatoms. The number of rotatable bonds is 6. The second-order valence-electron chi connectivity index (χ2n) is 3.41. The first-order chi connectivity index (χ1) is 5.59. The van der Waals surface area contributed by atoms with Crippen molar-refractivity contribution in [1.82, 2.24) is 4.90 Å². The van der Waals surface area contributed by atoms with Crippen molar-refractivity contribution in [2.75, 3.05) is 26.9 Å². The Bertz CT molecular complexity index is 107. The molecular weight excluding hydrogens is 154 g/mol. The van der Waals surface area contributed by atoms with Crippen molar-refractivity contribution < 1.29 is 9.84 Å². The van der Waals surface area contributed by atoms with Gasteiger partial charge in [0.15, 0.2) is 0 Å². The molecule has 0 fully saturated rings.